The summed E-state index contributed by atoms with van der Waals surface area (Å²) in [6.45, 7) is 8.86. The Hall–Kier alpha value is -2.69. The van der Waals surface area contributed by atoms with Gasteiger partial charge in [-0.15, -0.1) is 0 Å². The van der Waals surface area contributed by atoms with Crippen molar-refractivity contribution >= 4 is 5.97 Å². The van der Waals surface area contributed by atoms with E-state index in [-0.39, 0.29) is 12.6 Å². The normalized spacial score (nSPS) is 11.0. The lowest BCUT2D eigenvalue weighted by molar-refractivity contribution is -0.145. The van der Waals surface area contributed by atoms with Crippen LogP contribution < -0.4 is 14.2 Å². The van der Waals surface area contributed by atoms with Crippen LogP contribution in [0.4, 0.5) is 0 Å². The van der Waals surface area contributed by atoms with E-state index >= 15 is 0 Å². The molecule has 0 aliphatic rings. The minimum atomic E-state index is -0.177. The van der Waals surface area contributed by atoms with Gasteiger partial charge in [0.1, 0.15) is 6.61 Å². The lowest BCUT2D eigenvalue weighted by Gasteiger charge is -2.19. The first-order valence-electron chi connectivity index (χ1n) is 18.9. The Morgan fingerprint density at radius 2 is 0.978 bits per heavy atom. The van der Waals surface area contributed by atoms with Crippen LogP contribution in [-0.2, 0) is 22.6 Å². The van der Waals surface area contributed by atoms with Crippen molar-refractivity contribution in [2.75, 3.05) is 19.8 Å². The molecule has 260 valence electrons. The van der Waals surface area contributed by atoms with E-state index in [0.717, 1.165) is 50.5 Å². The van der Waals surface area contributed by atoms with Gasteiger partial charge in [0.15, 0.2) is 11.5 Å². The highest BCUT2D eigenvalue weighted by Gasteiger charge is 2.17. The Kier molecular flexibility index (Phi) is 23.5. The average molecular weight is 639 g/mol. The third-order valence-corrected chi connectivity index (χ3v) is 8.42. The number of ether oxygens (including phenoxy) is 4. The Balaban J connectivity index is 2.07. The molecule has 0 amide bonds. The van der Waals surface area contributed by atoms with Crippen molar-refractivity contribution in [1.29, 1.82) is 0 Å². The minimum Gasteiger partial charge on any atom is -0.490 e. The van der Waals surface area contributed by atoms with E-state index in [1.165, 1.54) is 89.0 Å². The molecule has 0 N–H and O–H groups in total. The average Bonchev–Trinajstić information content (AvgIpc) is 3.07. The Labute approximate surface area is 282 Å². The lowest BCUT2D eigenvalue weighted by Crippen LogP contribution is -2.09. The van der Waals surface area contributed by atoms with Crippen LogP contribution in [0.2, 0.25) is 0 Å². The van der Waals surface area contributed by atoms with Crippen LogP contribution in [0.15, 0.2) is 42.5 Å². The van der Waals surface area contributed by atoms with Crippen molar-refractivity contribution in [3.8, 4) is 17.2 Å². The first-order valence-corrected chi connectivity index (χ1v) is 18.9. The van der Waals surface area contributed by atoms with E-state index in [4.69, 9.17) is 18.9 Å². The maximum absolute atomic E-state index is 12.6. The maximum Gasteiger partial charge on any atom is 0.306 e. The molecule has 0 aliphatic heterocycles. The van der Waals surface area contributed by atoms with Crippen LogP contribution >= 0.6 is 0 Å². The number of aryl methyl sites for hydroxylation is 1. The number of unbranched alkanes of at least 4 members (excludes halogenated alkanes) is 15. The van der Waals surface area contributed by atoms with Gasteiger partial charge in [0.2, 0.25) is 5.75 Å². The third kappa shape index (κ3) is 19.1. The summed E-state index contributed by atoms with van der Waals surface area (Å²) in [6.07, 6.45) is 23.8. The van der Waals surface area contributed by atoms with Gasteiger partial charge >= 0.3 is 5.97 Å². The third-order valence-electron chi connectivity index (χ3n) is 8.42. The molecular formula is C41H66O5. The van der Waals surface area contributed by atoms with E-state index in [2.05, 4.69) is 32.9 Å². The van der Waals surface area contributed by atoms with Crippen molar-refractivity contribution in [2.45, 2.75) is 162 Å². The van der Waals surface area contributed by atoms with Crippen LogP contribution in [0, 0.1) is 0 Å². The number of esters is 1. The lowest BCUT2D eigenvalue weighted by atomic mass is 10.1. The highest BCUT2D eigenvalue weighted by atomic mass is 16.5. The molecule has 0 radical (unpaired) electrons. The van der Waals surface area contributed by atoms with Crippen LogP contribution in [-0.4, -0.2) is 25.8 Å². The molecule has 0 unspecified atom stereocenters. The Bertz CT molecular complexity index is 966. The smallest absolute Gasteiger partial charge is 0.306 e. The fraction of sp³-hybridized carbons (Fsp3) is 0.683. The second-order valence-corrected chi connectivity index (χ2v) is 12.8. The molecule has 2 aromatic carbocycles. The summed E-state index contributed by atoms with van der Waals surface area (Å²) in [4.78, 5) is 12.6. The van der Waals surface area contributed by atoms with E-state index < -0.39 is 0 Å². The predicted molar refractivity (Wildman–Crippen MR) is 192 cm³/mol. The number of hydrogen-bond acceptors (Lipinski definition) is 5. The van der Waals surface area contributed by atoms with Crippen molar-refractivity contribution in [2.24, 2.45) is 0 Å². The van der Waals surface area contributed by atoms with Gasteiger partial charge < -0.3 is 18.9 Å². The fourth-order valence-electron chi connectivity index (χ4n) is 5.57. The van der Waals surface area contributed by atoms with Gasteiger partial charge in [-0.3, -0.25) is 4.79 Å². The number of hydrogen-bond donors (Lipinski definition) is 0. The monoisotopic (exact) mass is 638 g/mol. The van der Waals surface area contributed by atoms with Crippen LogP contribution in [0.1, 0.15) is 160 Å². The molecule has 46 heavy (non-hydrogen) atoms. The van der Waals surface area contributed by atoms with Gasteiger partial charge in [0.25, 0.3) is 0 Å². The predicted octanol–water partition coefficient (Wildman–Crippen LogP) is 12.0. The van der Waals surface area contributed by atoms with Gasteiger partial charge in [-0.25, -0.2) is 0 Å². The molecule has 5 nitrogen and oxygen atoms in total. The molecule has 0 spiro atoms. The maximum atomic E-state index is 12.6. The zero-order valence-electron chi connectivity index (χ0n) is 29.8. The summed E-state index contributed by atoms with van der Waals surface area (Å²) in [7, 11) is 0. The number of rotatable bonds is 30. The molecule has 2 rings (SSSR count). The van der Waals surface area contributed by atoms with Crippen molar-refractivity contribution in [3.63, 3.8) is 0 Å². The largest absolute Gasteiger partial charge is 0.490 e. The number of carbonyl (C=O) groups excluding carboxylic acids is 1. The molecule has 0 saturated heterocycles. The fourth-order valence-corrected chi connectivity index (χ4v) is 5.57. The van der Waals surface area contributed by atoms with E-state index in [1.54, 1.807) is 0 Å². The van der Waals surface area contributed by atoms with E-state index in [9.17, 15) is 4.79 Å². The Morgan fingerprint density at radius 3 is 1.48 bits per heavy atom. The molecular weight excluding hydrogens is 572 g/mol. The zero-order chi connectivity index (χ0) is 32.9. The second kappa shape index (κ2) is 27.4. The van der Waals surface area contributed by atoms with Crippen molar-refractivity contribution in [1.82, 2.24) is 0 Å². The van der Waals surface area contributed by atoms with Crippen LogP contribution in [0.3, 0.4) is 0 Å². The summed E-state index contributed by atoms with van der Waals surface area (Å²) in [5.41, 5.74) is 2.12. The summed E-state index contributed by atoms with van der Waals surface area (Å²) < 4.78 is 24.9. The molecule has 0 aliphatic carbocycles. The quantitative estimate of drug-likeness (QED) is 0.0629. The molecule has 0 aromatic heterocycles. The topological polar surface area (TPSA) is 54.0 Å². The minimum absolute atomic E-state index is 0.177. The standard InChI is InChI=1S/C41H66O5/c1-4-7-10-13-16-22-30-43-38-33-37(35-46-40(42)29-25-28-36-26-20-19-21-27-36)34-39(44-31-23-17-14-11-8-5-2)41(38)45-32-24-18-15-12-9-6-3/h19-21,26-27,33-34H,4-18,22-25,28-32,35H2,1-3H3. The van der Waals surface area contributed by atoms with Gasteiger partial charge in [0.05, 0.1) is 19.8 Å². The summed E-state index contributed by atoms with van der Waals surface area (Å²) in [6, 6.07) is 14.3. The molecule has 0 atom stereocenters. The van der Waals surface area contributed by atoms with Gasteiger partial charge in [-0.05, 0) is 55.4 Å². The van der Waals surface area contributed by atoms with Crippen LogP contribution in [0.25, 0.3) is 0 Å². The van der Waals surface area contributed by atoms with Crippen molar-refractivity contribution in [3.05, 3.63) is 53.6 Å². The Morgan fingerprint density at radius 1 is 0.522 bits per heavy atom. The van der Waals surface area contributed by atoms with Gasteiger partial charge in [-0.2, -0.15) is 0 Å². The zero-order valence-corrected chi connectivity index (χ0v) is 29.8. The van der Waals surface area contributed by atoms with Gasteiger partial charge in [-0.1, -0.05) is 147 Å². The van der Waals surface area contributed by atoms with Crippen molar-refractivity contribution < 1.29 is 23.7 Å². The number of benzene rings is 2. The molecule has 5 heteroatoms. The molecule has 0 heterocycles. The SMILES string of the molecule is CCCCCCCCOc1cc(COC(=O)CCCc2ccccc2)cc(OCCCCCCCC)c1OCCCCCCCC. The van der Waals surface area contributed by atoms with Gasteiger partial charge in [0, 0.05) is 6.42 Å². The summed E-state index contributed by atoms with van der Waals surface area (Å²) in [5, 5.41) is 0. The first-order chi connectivity index (χ1) is 22.7. The highest BCUT2D eigenvalue weighted by molar-refractivity contribution is 5.69. The summed E-state index contributed by atoms with van der Waals surface area (Å²) in [5.74, 6) is 1.93. The molecule has 0 bridgehead atoms. The number of carbonyl (C=O) groups is 1. The molecule has 0 fully saturated rings. The summed E-state index contributed by atoms with van der Waals surface area (Å²) >= 11 is 0. The highest BCUT2D eigenvalue weighted by Crippen LogP contribution is 2.40. The molecule has 0 saturated carbocycles. The van der Waals surface area contributed by atoms with E-state index in [1.807, 2.05) is 30.3 Å². The van der Waals surface area contributed by atoms with Crippen LogP contribution in [0.5, 0.6) is 17.2 Å². The second-order valence-electron chi connectivity index (χ2n) is 12.8. The van der Waals surface area contributed by atoms with E-state index in [0.29, 0.717) is 43.5 Å². The first kappa shape index (κ1) is 39.5. The molecule has 2 aromatic rings.